The number of esters is 1. The number of carbonyl (C=O) groups is 2. The summed E-state index contributed by atoms with van der Waals surface area (Å²) in [5.74, 6) is -3.00. The van der Waals surface area contributed by atoms with Crippen molar-refractivity contribution in [1.29, 1.82) is 0 Å². The van der Waals surface area contributed by atoms with Crippen LogP contribution in [0.4, 0.5) is 0 Å². The highest BCUT2D eigenvalue weighted by atomic mass is 16.7. The molecule has 95 valence electrons. The molecule has 1 unspecified atom stereocenters. The lowest BCUT2D eigenvalue weighted by molar-refractivity contribution is -0.201. The highest BCUT2D eigenvalue weighted by molar-refractivity contribution is 5.90. The van der Waals surface area contributed by atoms with Gasteiger partial charge in [-0.25, -0.2) is 0 Å². The van der Waals surface area contributed by atoms with Gasteiger partial charge < -0.3 is 15.2 Å². The van der Waals surface area contributed by atoms with Crippen LogP contribution in [0.25, 0.3) is 0 Å². The molecule has 1 aliphatic heterocycles. The average molecular weight is 248 g/mol. The van der Waals surface area contributed by atoms with E-state index in [1.54, 1.807) is 0 Å². The first kappa shape index (κ1) is 12.6. The zero-order valence-corrected chi connectivity index (χ0v) is 9.80. The summed E-state index contributed by atoms with van der Waals surface area (Å²) in [6.45, 7) is 0.247. The number of hydrogen-bond donors (Lipinski definition) is 1. The maximum atomic E-state index is 11.3. The van der Waals surface area contributed by atoms with E-state index in [9.17, 15) is 9.59 Å². The Balaban J connectivity index is 1.91. The van der Waals surface area contributed by atoms with E-state index in [-0.39, 0.29) is 13.0 Å². The number of amides is 1. The van der Waals surface area contributed by atoms with E-state index >= 15 is 0 Å². The quantitative estimate of drug-likeness (QED) is 0.773. The molecule has 1 aromatic carbocycles. The topological polar surface area (TPSA) is 78.6 Å². The number of nitrogens with two attached hydrogens (primary N) is 1. The largest absolute Gasteiger partial charge is 0.423 e. The zero-order valence-electron chi connectivity index (χ0n) is 9.80. The van der Waals surface area contributed by atoms with Crippen molar-refractivity contribution in [2.75, 3.05) is 6.61 Å². The second kappa shape index (κ2) is 5.18. The molecule has 1 amide bonds. The normalized spacial score (nSPS) is 22.8. The third-order valence-corrected chi connectivity index (χ3v) is 2.70. The van der Waals surface area contributed by atoms with Crippen LogP contribution in [0.5, 0.6) is 0 Å². The summed E-state index contributed by atoms with van der Waals surface area (Å²) in [6, 6.07) is 9.65. The highest BCUT2D eigenvalue weighted by Crippen LogP contribution is 2.26. The summed E-state index contributed by atoms with van der Waals surface area (Å²) in [6.07, 6.45) is 2.01. The summed E-state index contributed by atoms with van der Waals surface area (Å²) in [4.78, 5) is 22.4. The van der Waals surface area contributed by atoms with Crippen molar-refractivity contribution in [3.05, 3.63) is 42.3 Å². The molecular formula is C13H14NO4. The molecule has 0 saturated carbocycles. The summed E-state index contributed by atoms with van der Waals surface area (Å²) >= 11 is 0. The molecule has 1 atom stereocenters. The van der Waals surface area contributed by atoms with Gasteiger partial charge in [-0.3, -0.25) is 9.59 Å². The molecule has 5 heteroatoms. The van der Waals surface area contributed by atoms with Crippen molar-refractivity contribution in [1.82, 2.24) is 0 Å². The van der Waals surface area contributed by atoms with E-state index in [4.69, 9.17) is 15.2 Å². The fourth-order valence-electron chi connectivity index (χ4n) is 1.75. The molecule has 1 saturated heterocycles. The van der Waals surface area contributed by atoms with Crippen molar-refractivity contribution in [2.45, 2.75) is 18.6 Å². The molecule has 18 heavy (non-hydrogen) atoms. The Morgan fingerprint density at radius 2 is 2.11 bits per heavy atom. The predicted octanol–water partition coefficient (Wildman–Crippen LogP) is 0.578. The molecule has 0 aromatic heterocycles. The molecular weight excluding hydrogens is 234 g/mol. The lowest BCUT2D eigenvalue weighted by atomic mass is 10.1. The molecule has 1 heterocycles. The second-order valence-corrected chi connectivity index (χ2v) is 4.00. The maximum Gasteiger partial charge on any atom is 0.309 e. The van der Waals surface area contributed by atoms with Crippen molar-refractivity contribution in [3.8, 4) is 0 Å². The van der Waals surface area contributed by atoms with Crippen LogP contribution in [0.3, 0.4) is 0 Å². The first-order chi connectivity index (χ1) is 8.62. The van der Waals surface area contributed by atoms with Crippen LogP contribution in [-0.4, -0.2) is 24.3 Å². The fraction of sp³-hybridized carbons (Fsp3) is 0.308. The number of rotatable bonds is 5. The van der Waals surface area contributed by atoms with Crippen LogP contribution in [0.2, 0.25) is 0 Å². The van der Waals surface area contributed by atoms with Crippen molar-refractivity contribution >= 4 is 11.9 Å². The van der Waals surface area contributed by atoms with Crippen LogP contribution >= 0.6 is 0 Å². The van der Waals surface area contributed by atoms with Gasteiger partial charge in [-0.15, -0.1) is 0 Å². The monoisotopic (exact) mass is 248 g/mol. The van der Waals surface area contributed by atoms with Crippen molar-refractivity contribution in [2.24, 2.45) is 5.73 Å². The van der Waals surface area contributed by atoms with E-state index in [1.165, 1.54) is 6.42 Å². The molecule has 0 spiro atoms. The van der Waals surface area contributed by atoms with Gasteiger partial charge in [0.2, 0.25) is 0 Å². The number of carbonyl (C=O) groups excluding carboxylic acids is 2. The Bertz CT molecular complexity index is 446. The third-order valence-electron chi connectivity index (χ3n) is 2.70. The lowest BCUT2D eigenvalue weighted by Gasteiger charge is -2.23. The molecule has 0 aliphatic carbocycles. The van der Waals surface area contributed by atoms with Crippen molar-refractivity contribution in [3.63, 3.8) is 0 Å². The molecule has 2 N–H and O–H groups in total. The number of hydrogen-bond acceptors (Lipinski definition) is 4. The Hall–Kier alpha value is -1.88. The standard InChI is InChI=1S/C13H14NO4/c14-12(16)13(8-6-11(15)18-13)17-9-7-10-4-2-1-3-5-10/h1-5,8H,6-7,9H2,(H2,14,16). The van der Waals surface area contributed by atoms with Gasteiger partial charge in [0.05, 0.1) is 19.4 Å². The van der Waals surface area contributed by atoms with Crippen LogP contribution < -0.4 is 5.73 Å². The van der Waals surface area contributed by atoms with Gasteiger partial charge in [-0.05, 0) is 12.0 Å². The summed E-state index contributed by atoms with van der Waals surface area (Å²) < 4.78 is 10.2. The Morgan fingerprint density at radius 3 is 2.67 bits per heavy atom. The molecule has 2 rings (SSSR count). The number of cyclic esters (lactones) is 1. The van der Waals surface area contributed by atoms with Crippen LogP contribution in [0, 0.1) is 6.42 Å². The molecule has 1 radical (unpaired) electrons. The van der Waals surface area contributed by atoms with Crippen LogP contribution in [-0.2, 0) is 25.5 Å². The number of ether oxygens (including phenoxy) is 2. The smallest absolute Gasteiger partial charge is 0.309 e. The Morgan fingerprint density at radius 1 is 1.39 bits per heavy atom. The molecule has 5 nitrogen and oxygen atoms in total. The number of primary amides is 1. The average Bonchev–Trinajstić information content (AvgIpc) is 2.74. The first-order valence-corrected chi connectivity index (χ1v) is 5.66. The van der Waals surface area contributed by atoms with E-state index in [0.717, 1.165) is 5.56 Å². The van der Waals surface area contributed by atoms with E-state index in [0.29, 0.717) is 6.42 Å². The van der Waals surface area contributed by atoms with Gasteiger partial charge in [0, 0.05) is 0 Å². The minimum Gasteiger partial charge on any atom is -0.423 e. The summed E-state index contributed by atoms with van der Waals surface area (Å²) in [5.41, 5.74) is 6.27. The predicted molar refractivity (Wildman–Crippen MR) is 63.0 cm³/mol. The Kier molecular flexibility index (Phi) is 3.62. The van der Waals surface area contributed by atoms with Gasteiger partial charge in [0.1, 0.15) is 0 Å². The van der Waals surface area contributed by atoms with Gasteiger partial charge in [0.25, 0.3) is 11.7 Å². The Labute approximate surface area is 105 Å². The fourth-order valence-corrected chi connectivity index (χ4v) is 1.75. The van der Waals surface area contributed by atoms with Crippen LogP contribution in [0.1, 0.15) is 12.0 Å². The van der Waals surface area contributed by atoms with Gasteiger partial charge in [-0.1, -0.05) is 30.3 Å². The summed E-state index contributed by atoms with van der Waals surface area (Å²) in [7, 11) is 0. The minimum absolute atomic E-state index is 0.0360. The van der Waals surface area contributed by atoms with Crippen molar-refractivity contribution < 1.29 is 19.1 Å². The maximum absolute atomic E-state index is 11.3. The van der Waals surface area contributed by atoms with Gasteiger partial charge in [-0.2, -0.15) is 0 Å². The third kappa shape index (κ3) is 2.68. The molecule has 1 aliphatic rings. The molecule has 1 fully saturated rings. The van der Waals surface area contributed by atoms with E-state index in [1.807, 2.05) is 30.3 Å². The minimum atomic E-state index is -1.69. The second-order valence-electron chi connectivity index (χ2n) is 4.00. The zero-order chi connectivity index (χ0) is 13.0. The molecule has 0 bridgehead atoms. The van der Waals surface area contributed by atoms with E-state index in [2.05, 4.69) is 0 Å². The van der Waals surface area contributed by atoms with Crippen LogP contribution in [0.15, 0.2) is 30.3 Å². The summed E-state index contributed by atoms with van der Waals surface area (Å²) in [5, 5.41) is 0. The van der Waals surface area contributed by atoms with E-state index < -0.39 is 17.7 Å². The van der Waals surface area contributed by atoms with Gasteiger partial charge >= 0.3 is 5.97 Å². The number of benzene rings is 1. The lowest BCUT2D eigenvalue weighted by Crippen LogP contribution is -2.46. The SMILES string of the molecule is NC(=O)C1(OCCc2ccccc2)[CH]CC(=O)O1. The van der Waals surface area contributed by atoms with Gasteiger partial charge in [0.15, 0.2) is 0 Å². The molecule has 1 aromatic rings. The highest BCUT2D eigenvalue weighted by Gasteiger charge is 2.47. The first-order valence-electron chi connectivity index (χ1n) is 5.66.